The number of nitriles is 1. The lowest BCUT2D eigenvalue weighted by molar-refractivity contribution is 0.365. The van der Waals surface area contributed by atoms with Crippen molar-refractivity contribution in [1.29, 1.82) is 5.26 Å². The third kappa shape index (κ3) is 3.62. The van der Waals surface area contributed by atoms with Gasteiger partial charge in [0.05, 0.1) is 18.0 Å². The SMILES string of the molecule is CC1(C)c2ccccc2-c2ccc(N(c3ccccc3-c3ccccc3)C3CCCCC3C#N)cc21. The van der Waals surface area contributed by atoms with Crippen LogP contribution in [0.3, 0.4) is 0 Å². The van der Waals surface area contributed by atoms with Crippen LogP contribution >= 0.6 is 0 Å². The highest BCUT2D eigenvalue weighted by Gasteiger charge is 2.37. The molecule has 0 bridgehead atoms. The van der Waals surface area contributed by atoms with Gasteiger partial charge in [0.15, 0.2) is 0 Å². The quantitative estimate of drug-likeness (QED) is 0.299. The summed E-state index contributed by atoms with van der Waals surface area (Å²) in [7, 11) is 0. The molecule has 2 aliphatic rings. The van der Waals surface area contributed by atoms with Gasteiger partial charge in [0.25, 0.3) is 0 Å². The molecule has 1 saturated carbocycles. The van der Waals surface area contributed by atoms with Gasteiger partial charge in [0.1, 0.15) is 0 Å². The van der Waals surface area contributed by atoms with Crippen LogP contribution in [0.25, 0.3) is 22.3 Å². The Balaban J connectivity index is 1.55. The minimum Gasteiger partial charge on any atom is -0.337 e. The van der Waals surface area contributed by atoms with E-state index in [0.717, 1.165) is 25.7 Å². The molecular weight excluding hydrogens is 436 g/mol. The number of hydrogen-bond donors (Lipinski definition) is 0. The van der Waals surface area contributed by atoms with E-state index in [0.29, 0.717) is 0 Å². The summed E-state index contributed by atoms with van der Waals surface area (Å²) in [6, 6.07) is 38.0. The molecule has 4 aromatic carbocycles. The van der Waals surface area contributed by atoms with Crippen molar-refractivity contribution in [2.24, 2.45) is 5.92 Å². The monoisotopic (exact) mass is 468 g/mol. The maximum atomic E-state index is 10.2. The number of nitrogens with zero attached hydrogens (tertiary/aromatic N) is 2. The maximum absolute atomic E-state index is 10.2. The van der Waals surface area contributed by atoms with Gasteiger partial charge in [-0.1, -0.05) is 106 Å². The van der Waals surface area contributed by atoms with Crippen molar-refractivity contribution in [3.8, 4) is 28.3 Å². The lowest BCUT2D eigenvalue weighted by Crippen LogP contribution is -2.39. The van der Waals surface area contributed by atoms with E-state index in [1.54, 1.807) is 0 Å². The summed E-state index contributed by atoms with van der Waals surface area (Å²) in [5.41, 5.74) is 10.2. The van der Waals surface area contributed by atoms with Gasteiger partial charge in [-0.2, -0.15) is 5.26 Å². The summed E-state index contributed by atoms with van der Waals surface area (Å²) >= 11 is 0. The van der Waals surface area contributed by atoms with Gasteiger partial charge in [-0.05, 0) is 58.9 Å². The van der Waals surface area contributed by atoms with E-state index in [1.807, 2.05) is 0 Å². The summed E-state index contributed by atoms with van der Waals surface area (Å²) in [4.78, 5) is 2.49. The third-order valence-electron chi connectivity index (χ3n) is 8.32. The zero-order valence-corrected chi connectivity index (χ0v) is 21.1. The third-order valence-corrected chi connectivity index (χ3v) is 8.32. The summed E-state index contributed by atoms with van der Waals surface area (Å²) < 4.78 is 0. The largest absolute Gasteiger partial charge is 0.337 e. The summed E-state index contributed by atoms with van der Waals surface area (Å²) in [5.74, 6) is 0.0149. The molecule has 0 heterocycles. The Bertz CT molecular complexity index is 1440. The molecule has 1 fully saturated rings. The number of anilines is 2. The molecule has 0 N–H and O–H groups in total. The van der Waals surface area contributed by atoms with Crippen molar-refractivity contribution < 1.29 is 0 Å². The zero-order chi connectivity index (χ0) is 24.7. The highest BCUT2D eigenvalue weighted by Crippen LogP contribution is 2.51. The average molecular weight is 469 g/mol. The van der Waals surface area contributed by atoms with E-state index >= 15 is 0 Å². The summed E-state index contributed by atoms with van der Waals surface area (Å²) in [5, 5.41) is 10.2. The number of benzene rings is 4. The average Bonchev–Trinajstić information content (AvgIpc) is 3.16. The van der Waals surface area contributed by atoms with E-state index < -0.39 is 0 Å². The summed E-state index contributed by atoms with van der Waals surface area (Å²) in [6.45, 7) is 4.67. The number of para-hydroxylation sites is 1. The molecule has 36 heavy (non-hydrogen) atoms. The standard InChI is InChI=1S/C34H32N2/c1-34(2)30-17-9-7-16-28(30)29-21-20-26(22-31(29)34)36(32-18-10-6-14-25(32)23-35)33-19-11-8-15-27(33)24-12-4-3-5-13-24/h3-5,7-9,11-13,15-17,19-22,25,32H,6,10,14,18H2,1-2H3. The number of hydrogen-bond acceptors (Lipinski definition) is 2. The lowest BCUT2D eigenvalue weighted by atomic mass is 9.81. The first-order valence-corrected chi connectivity index (χ1v) is 13.2. The molecule has 0 aliphatic heterocycles. The number of rotatable bonds is 4. The molecule has 0 aromatic heterocycles. The van der Waals surface area contributed by atoms with Crippen LogP contribution < -0.4 is 4.90 Å². The number of fused-ring (bicyclic) bond motifs is 3. The fourth-order valence-electron chi connectivity index (χ4n) is 6.47. The molecule has 0 spiro atoms. The molecule has 2 unspecified atom stereocenters. The fraction of sp³-hybridized carbons (Fsp3) is 0.265. The fourth-order valence-corrected chi connectivity index (χ4v) is 6.47. The van der Waals surface area contributed by atoms with Gasteiger partial charge < -0.3 is 4.90 Å². The van der Waals surface area contributed by atoms with Gasteiger partial charge in [-0.25, -0.2) is 0 Å². The molecule has 2 heteroatoms. The molecule has 4 aromatic rings. The van der Waals surface area contributed by atoms with Crippen molar-refractivity contribution in [3.63, 3.8) is 0 Å². The van der Waals surface area contributed by atoms with Crippen LogP contribution in [0.5, 0.6) is 0 Å². The second kappa shape index (κ2) is 8.99. The molecule has 0 radical (unpaired) electrons. The Kier molecular flexibility index (Phi) is 5.65. The van der Waals surface area contributed by atoms with E-state index in [9.17, 15) is 5.26 Å². The molecule has 2 nitrogen and oxygen atoms in total. The second-order valence-corrected chi connectivity index (χ2v) is 10.7. The predicted octanol–water partition coefficient (Wildman–Crippen LogP) is 8.88. The Morgan fingerprint density at radius 2 is 1.39 bits per heavy atom. The van der Waals surface area contributed by atoms with E-state index in [1.165, 1.54) is 44.8 Å². The molecule has 6 rings (SSSR count). The minimum absolute atomic E-state index is 0.0149. The van der Waals surface area contributed by atoms with Crippen LogP contribution in [0.4, 0.5) is 11.4 Å². The van der Waals surface area contributed by atoms with Gasteiger partial charge >= 0.3 is 0 Å². The predicted molar refractivity (Wildman–Crippen MR) is 149 cm³/mol. The highest BCUT2D eigenvalue weighted by atomic mass is 15.2. The van der Waals surface area contributed by atoms with Crippen molar-refractivity contribution in [2.75, 3.05) is 4.90 Å². The second-order valence-electron chi connectivity index (χ2n) is 10.7. The van der Waals surface area contributed by atoms with Crippen molar-refractivity contribution in [1.82, 2.24) is 0 Å². The zero-order valence-electron chi connectivity index (χ0n) is 21.1. The van der Waals surface area contributed by atoms with Gasteiger partial charge in [0, 0.05) is 22.4 Å². The molecule has 178 valence electrons. The smallest absolute Gasteiger partial charge is 0.0677 e. The van der Waals surface area contributed by atoms with Crippen LogP contribution in [-0.4, -0.2) is 6.04 Å². The van der Waals surface area contributed by atoms with E-state index in [-0.39, 0.29) is 17.4 Å². The first-order chi connectivity index (χ1) is 17.6. The molecule has 2 atom stereocenters. The summed E-state index contributed by atoms with van der Waals surface area (Å²) in [6.07, 6.45) is 4.29. The van der Waals surface area contributed by atoms with Crippen LogP contribution in [0, 0.1) is 17.2 Å². The first kappa shape index (κ1) is 22.6. The van der Waals surface area contributed by atoms with Gasteiger partial charge in [0.2, 0.25) is 0 Å². The maximum Gasteiger partial charge on any atom is 0.0677 e. The Labute approximate surface area is 214 Å². The van der Waals surface area contributed by atoms with Gasteiger partial charge in [-0.15, -0.1) is 0 Å². The molecule has 2 aliphatic carbocycles. The van der Waals surface area contributed by atoms with Crippen LogP contribution in [0.15, 0.2) is 97.1 Å². The van der Waals surface area contributed by atoms with E-state index in [4.69, 9.17) is 0 Å². The minimum atomic E-state index is -0.0618. The normalized spacial score (nSPS) is 19.7. The first-order valence-electron chi connectivity index (χ1n) is 13.2. The van der Waals surface area contributed by atoms with Crippen LogP contribution in [0.2, 0.25) is 0 Å². The Morgan fingerprint density at radius 3 is 2.19 bits per heavy atom. The lowest BCUT2D eigenvalue weighted by Gasteiger charge is -2.40. The molecular formula is C34H32N2. The molecule has 0 amide bonds. The Morgan fingerprint density at radius 1 is 0.722 bits per heavy atom. The topological polar surface area (TPSA) is 27.0 Å². The van der Waals surface area contributed by atoms with Crippen molar-refractivity contribution in [3.05, 3.63) is 108 Å². The van der Waals surface area contributed by atoms with Crippen molar-refractivity contribution >= 4 is 11.4 Å². The van der Waals surface area contributed by atoms with Crippen molar-refractivity contribution in [2.45, 2.75) is 51.0 Å². The van der Waals surface area contributed by atoms with E-state index in [2.05, 4.69) is 122 Å². The van der Waals surface area contributed by atoms with Crippen LogP contribution in [0.1, 0.15) is 50.7 Å². The Hall–Kier alpha value is -3.83. The van der Waals surface area contributed by atoms with Gasteiger partial charge in [-0.3, -0.25) is 0 Å². The van der Waals surface area contributed by atoms with Crippen LogP contribution in [-0.2, 0) is 5.41 Å². The highest BCUT2D eigenvalue weighted by molar-refractivity contribution is 5.86. The molecule has 0 saturated heterocycles.